The van der Waals surface area contributed by atoms with E-state index in [1.54, 1.807) is 11.6 Å². The Hall–Kier alpha value is -2.97. The average Bonchev–Trinajstić information content (AvgIpc) is 2.79. The summed E-state index contributed by atoms with van der Waals surface area (Å²) in [4.78, 5) is 30.0. The molecule has 0 bridgehead atoms. The van der Waals surface area contributed by atoms with Gasteiger partial charge < -0.3 is 19.4 Å². The lowest BCUT2D eigenvalue weighted by molar-refractivity contribution is -0.116. The number of fused-ring (bicyclic) bond motifs is 2. The maximum absolute atomic E-state index is 13.1. The normalized spacial score (nSPS) is 16.9. The minimum Gasteiger partial charge on any atom is -0.486 e. The highest BCUT2D eigenvalue weighted by Gasteiger charge is 2.33. The van der Waals surface area contributed by atoms with Crippen LogP contribution >= 0.6 is 23.4 Å². The summed E-state index contributed by atoms with van der Waals surface area (Å²) >= 11 is 7.49. The summed E-state index contributed by atoms with van der Waals surface area (Å²) in [5.74, 6) is 1.81. The lowest BCUT2D eigenvalue weighted by Crippen LogP contribution is -2.33. The summed E-state index contributed by atoms with van der Waals surface area (Å²) in [7, 11) is 1.80. The Morgan fingerprint density at radius 1 is 1.16 bits per heavy atom. The molecule has 0 saturated heterocycles. The van der Waals surface area contributed by atoms with Gasteiger partial charge in [-0.1, -0.05) is 41.6 Å². The molecule has 1 N–H and O–H groups in total. The fraction of sp³-hybridized carbons (Fsp3) is 0.261. The molecule has 0 unspecified atom stereocenters. The average molecular weight is 470 g/mol. The van der Waals surface area contributed by atoms with Crippen molar-refractivity contribution in [2.75, 3.05) is 18.5 Å². The molecule has 7 nitrogen and oxygen atoms in total. The van der Waals surface area contributed by atoms with E-state index in [1.807, 2.05) is 42.5 Å². The molecule has 1 amide bonds. The number of ether oxygens (including phenoxy) is 2. The molecule has 1 atom stereocenters. The third-order valence-corrected chi connectivity index (χ3v) is 6.86. The summed E-state index contributed by atoms with van der Waals surface area (Å²) in [6, 6.07) is 13.1. The van der Waals surface area contributed by atoms with E-state index in [-0.39, 0.29) is 17.9 Å². The molecule has 32 heavy (non-hydrogen) atoms. The molecule has 0 spiro atoms. The highest BCUT2D eigenvalue weighted by molar-refractivity contribution is 7.98. The minimum absolute atomic E-state index is 0.149. The van der Waals surface area contributed by atoms with E-state index in [9.17, 15) is 9.59 Å². The number of nitrogens with one attached hydrogen (secondary N) is 1. The van der Waals surface area contributed by atoms with E-state index in [0.717, 1.165) is 11.1 Å². The maximum atomic E-state index is 13.1. The van der Waals surface area contributed by atoms with Crippen LogP contribution in [0.5, 0.6) is 11.5 Å². The van der Waals surface area contributed by atoms with Crippen molar-refractivity contribution in [1.29, 1.82) is 0 Å². The van der Waals surface area contributed by atoms with Crippen molar-refractivity contribution in [3.63, 3.8) is 0 Å². The third kappa shape index (κ3) is 3.96. The fourth-order valence-electron chi connectivity index (χ4n) is 4.00. The predicted octanol–water partition coefficient (Wildman–Crippen LogP) is 3.97. The van der Waals surface area contributed by atoms with E-state index in [2.05, 4.69) is 10.3 Å². The van der Waals surface area contributed by atoms with Gasteiger partial charge in [0.05, 0.1) is 5.56 Å². The van der Waals surface area contributed by atoms with Crippen LogP contribution in [0.25, 0.3) is 0 Å². The molecule has 5 rings (SSSR count). The maximum Gasteiger partial charge on any atom is 0.279 e. The van der Waals surface area contributed by atoms with Gasteiger partial charge in [0.1, 0.15) is 19.0 Å². The molecule has 2 aromatic carbocycles. The lowest BCUT2D eigenvalue weighted by Gasteiger charge is -2.28. The zero-order valence-electron chi connectivity index (χ0n) is 17.3. The Morgan fingerprint density at radius 2 is 1.97 bits per heavy atom. The molecule has 9 heteroatoms. The van der Waals surface area contributed by atoms with Gasteiger partial charge in [0.15, 0.2) is 16.7 Å². The Balaban J connectivity index is 1.51. The van der Waals surface area contributed by atoms with Crippen LogP contribution in [0.4, 0.5) is 5.82 Å². The summed E-state index contributed by atoms with van der Waals surface area (Å²) in [5, 5.41) is 4.05. The van der Waals surface area contributed by atoms with Crippen molar-refractivity contribution in [3.05, 3.63) is 74.5 Å². The summed E-state index contributed by atoms with van der Waals surface area (Å²) < 4.78 is 13.1. The number of hydrogen-bond donors (Lipinski definition) is 1. The topological polar surface area (TPSA) is 82.5 Å². The number of rotatable bonds is 4. The number of thioether (sulfide) groups is 1. The first-order chi connectivity index (χ1) is 15.5. The SMILES string of the molecule is Cn1c(SCc2cccc(Cl)c2)nc(=O)c2c1NC(=O)C[C@H]2c1ccc2c(c1)OCCO2. The molecule has 0 fully saturated rings. The molecule has 2 aliphatic heterocycles. The van der Waals surface area contributed by atoms with E-state index >= 15 is 0 Å². The molecule has 0 radical (unpaired) electrons. The fourth-order valence-corrected chi connectivity index (χ4v) is 5.12. The van der Waals surface area contributed by atoms with Crippen LogP contribution in [-0.2, 0) is 17.6 Å². The smallest absolute Gasteiger partial charge is 0.279 e. The zero-order valence-corrected chi connectivity index (χ0v) is 18.8. The van der Waals surface area contributed by atoms with Crippen LogP contribution in [0.2, 0.25) is 5.02 Å². The number of aromatic nitrogens is 2. The summed E-state index contributed by atoms with van der Waals surface area (Å²) in [6.45, 7) is 0.968. The molecule has 3 heterocycles. The van der Waals surface area contributed by atoms with Gasteiger partial charge >= 0.3 is 0 Å². The quantitative estimate of drug-likeness (QED) is 0.460. The van der Waals surface area contributed by atoms with Gasteiger partial charge in [-0.2, -0.15) is 4.98 Å². The molecule has 2 aliphatic rings. The number of nitrogens with zero attached hydrogens (tertiary/aromatic N) is 2. The Morgan fingerprint density at radius 3 is 2.78 bits per heavy atom. The number of anilines is 1. The number of carbonyl (C=O) groups excluding carboxylic acids is 1. The van der Waals surface area contributed by atoms with E-state index in [4.69, 9.17) is 21.1 Å². The Bertz CT molecular complexity index is 1280. The number of benzene rings is 2. The van der Waals surface area contributed by atoms with Gasteiger partial charge in [-0.05, 0) is 35.4 Å². The molecule has 1 aromatic heterocycles. The van der Waals surface area contributed by atoms with Crippen molar-refractivity contribution in [2.24, 2.45) is 7.05 Å². The second-order valence-electron chi connectivity index (χ2n) is 7.65. The van der Waals surface area contributed by atoms with Gasteiger partial charge in [-0.3, -0.25) is 9.59 Å². The Labute approximate surface area is 193 Å². The largest absolute Gasteiger partial charge is 0.486 e. The van der Waals surface area contributed by atoms with Crippen LogP contribution in [-0.4, -0.2) is 28.7 Å². The van der Waals surface area contributed by atoms with Crippen LogP contribution in [0, 0.1) is 0 Å². The standard InChI is InChI=1S/C23H20ClN3O4S/c1-27-21-20(22(29)26-23(27)32-12-13-3-2-4-15(24)9-13)16(11-19(28)25-21)14-5-6-17-18(10-14)31-8-7-30-17/h2-6,9-10,16H,7-8,11-12H2,1H3,(H,25,28)/t16-/m0/s1. The lowest BCUT2D eigenvalue weighted by atomic mass is 9.86. The number of hydrogen-bond acceptors (Lipinski definition) is 6. The summed E-state index contributed by atoms with van der Waals surface area (Å²) in [6.07, 6.45) is 0.165. The van der Waals surface area contributed by atoms with Crippen LogP contribution in [0.1, 0.15) is 29.0 Å². The van der Waals surface area contributed by atoms with Crippen molar-refractivity contribution in [2.45, 2.75) is 23.2 Å². The number of carbonyl (C=O) groups is 1. The van der Waals surface area contributed by atoms with Crippen molar-refractivity contribution in [1.82, 2.24) is 9.55 Å². The predicted molar refractivity (Wildman–Crippen MR) is 123 cm³/mol. The van der Waals surface area contributed by atoms with Crippen molar-refractivity contribution in [3.8, 4) is 11.5 Å². The number of halogens is 1. The first-order valence-corrected chi connectivity index (χ1v) is 11.5. The first kappa shape index (κ1) is 20.9. The van der Waals surface area contributed by atoms with Crippen LogP contribution in [0.15, 0.2) is 52.4 Å². The molecule has 0 aliphatic carbocycles. The van der Waals surface area contributed by atoms with Crippen molar-refractivity contribution < 1.29 is 14.3 Å². The van der Waals surface area contributed by atoms with Gasteiger partial charge in [-0.25, -0.2) is 0 Å². The third-order valence-electron chi connectivity index (χ3n) is 5.53. The number of amides is 1. The summed E-state index contributed by atoms with van der Waals surface area (Å²) in [5.41, 5.74) is 1.98. The van der Waals surface area contributed by atoms with Gasteiger partial charge in [0, 0.05) is 30.2 Å². The molecule has 3 aromatic rings. The van der Waals surface area contributed by atoms with Crippen LogP contribution in [0.3, 0.4) is 0 Å². The highest BCUT2D eigenvalue weighted by atomic mass is 35.5. The van der Waals surface area contributed by atoms with Crippen molar-refractivity contribution >= 4 is 35.1 Å². The highest BCUT2D eigenvalue weighted by Crippen LogP contribution is 2.40. The molecule has 164 valence electrons. The van der Waals surface area contributed by atoms with Gasteiger partial charge in [0.25, 0.3) is 5.56 Å². The van der Waals surface area contributed by atoms with E-state index < -0.39 is 5.92 Å². The second-order valence-corrected chi connectivity index (χ2v) is 9.03. The minimum atomic E-state index is -0.409. The Kier molecular flexibility index (Phi) is 5.57. The molecular formula is C23H20ClN3O4S. The van der Waals surface area contributed by atoms with E-state index in [0.29, 0.717) is 52.0 Å². The van der Waals surface area contributed by atoms with Gasteiger partial charge in [0.2, 0.25) is 5.91 Å². The monoisotopic (exact) mass is 469 g/mol. The first-order valence-electron chi connectivity index (χ1n) is 10.2. The second kappa shape index (κ2) is 8.52. The van der Waals surface area contributed by atoms with Gasteiger partial charge in [-0.15, -0.1) is 0 Å². The molecular weight excluding hydrogens is 450 g/mol. The van der Waals surface area contributed by atoms with E-state index in [1.165, 1.54) is 11.8 Å². The zero-order chi connectivity index (χ0) is 22.2. The van der Waals surface area contributed by atoms with Crippen LogP contribution < -0.4 is 20.3 Å². The molecule has 0 saturated carbocycles.